The number of carbonyl (C=O) groups excluding carboxylic acids is 3. The highest BCUT2D eigenvalue weighted by Gasteiger charge is 2.59. The van der Waals surface area contributed by atoms with E-state index < -0.39 is 0 Å². The Balaban J connectivity index is 1.17. The third-order valence-corrected chi connectivity index (χ3v) is 17.2. The van der Waals surface area contributed by atoms with Crippen LogP contribution in [-0.4, -0.2) is 61.6 Å². The maximum absolute atomic E-state index is 13.5. The van der Waals surface area contributed by atoms with E-state index in [1.54, 1.807) is 4.90 Å². The summed E-state index contributed by atoms with van der Waals surface area (Å²) >= 11 is 0. The maximum atomic E-state index is 13.5. The van der Waals surface area contributed by atoms with Gasteiger partial charge >= 0.3 is 6.09 Å². The van der Waals surface area contributed by atoms with E-state index in [0.29, 0.717) is 44.4 Å². The van der Waals surface area contributed by atoms with E-state index >= 15 is 0 Å². The number of fused-ring (bicyclic) bond motifs is 5. The fourth-order valence-corrected chi connectivity index (χ4v) is 13.3. The molecule has 0 aliphatic heterocycles. The van der Waals surface area contributed by atoms with Crippen LogP contribution in [0.25, 0.3) is 0 Å². The van der Waals surface area contributed by atoms with Crippen LogP contribution in [0.2, 0.25) is 0 Å². The molecule has 3 fully saturated rings. The third kappa shape index (κ3) is 18.2. The number of nitrogens with two attached hydrogens (primary N) is 1. The van der Waals surface area contributed by atoms with Crippen LogP contribution < -0.4 is 16.4 Å². The minimum atomic E-state index is -0.362. The summed E-state index contributed by atoms with van der Waals surface area (Å²) in [5.74, 6) is 4.81. The summed E-state index contributed by atoms with van der Waals surface area (Å²) in [6, 6.07) is 0. The lowest BCUT2D eigenvalue weighted by Gasteiger charge is -2.58. The highest BCUT2D eigenvalue weighted by atomic mass is 16.6. The van der Waals surface area contributed by atoms with Crippen molar-refractivity contribution >= 4 is 17.9 Å². The van der Waals surface area contributed by atoms with E-state index in [1.165, 1.54) is 115 Å². The minimum Gasteiger partial charge on any atom is -0.446 e. The number of carbonyl (C=O) groups is 3. The summed E-state index contributed by atoms with van der Waals surface area (Å²) in [5.41, 5.74) is 7.87. The molecule has 0 spiro atoms. The van der Waals surface area contributed by atoms with Crippen LogP contribution in [0.15, 0.2) is 23.8 Å². The fourth-order valence-electron chi connectivity index (χ4n) is 13.3. The van der Waals surface area contributed by atoms with Crippen molar-refractivity contribution in [2.45, 2.75) is 240 Å². The Morgan fingerprint density at radius 3 is 2.17 bits per heavy atom. The van der Waals surface area contributed by atoms with Gasteiger partial charge in [-0.2, -0.15) is 0 Å². The Hall–Kier alpha value is -2.35. The molecule has 4 aliphatic carbocycles. The first-order chi connectivity index (χ1) is 31.4. The molecule has 4 N–H and O–H groups in total. The molecule has 0 aromatic rings. The fraction of sp³-hybridized carbons (Fsp3) is 0.877. The van der Waals surface area contributed by atoms with Gasteiger partial charge in [0.1, 0.15) is 6.10 Å². The monoisotopic (exact) mass is 907 g/mol. The van der Waals surface area contributed by atoms with Crippen LogP contribution in [0.4, 0.5) is 4.79 Å². The molecule has 0 heterocycles. The molecule has 0 saturated heterocycles. The number of allylic oxidation sites excluding steroid dienone is 3. The molecule has 0 radical (unpaired) electrons. The molecule has 3 amide bonds. The highest BCUT2D eigenvalue weighted by Crippen LogP contribution is 2.67. The minimum absolute atomic E-state index is 0.0264. The number of rotatable bonds is 33. The summed E-state index contributed by atoms with van der Waals surface area (Å²) in [6.07, 6.45) is 41.5. The normalized spacial score (nSPS) is 26.6. The van der Waals surface area contributed by atoms with Gasteiger partial charge in [-0.1, -0.05) is 149 Å². The summed E-state index contributed by atoms with van der Waals surface area (Å²) in [5, 5.41) is 6.01. The first kappa shape index (κ1) is 55.2. The average molecular weight is 907 g/mol. The van der Waals surface area contributed by atoms with Gasteiger partial charge in [-0.05, 0) is 149 Å². The summed E-state index contributed by atoms with van der Waals surface area (Å²) < 4.78 is 6.08. The van der Waals surface area contributed by atoms with Crippen molar-refractivity contribution in [1.29, 1.82) is 0 Å². The van der Waals surface area contributed by atoms with Gasteiger partial charge in [0.2, 0.25) is 11.8 Å². The van der Waals surface area contributed by atoms with E-state index in [1.807, 2.05) is 0 Å². The maximum Gasteiger partial charge on any atom is 0.407 e. The molecule has 0 unspecified atom stereocenters. The van der Waals surface area contributed by atoms with Gasteiger partial charge in [-0.15, -0.1) is 0 Å². The quantitative estimate of drug-likeness (QED) is 0.0448. The molecule has 4 aliphatic rings. The Morgan fingerprint density at radius 2 is 1.45 bits per heavy atom. The van der Waals surface area contributed by atoms with Gasteiger partial charge < -0.3 is 26.0 Å². The van der Waals surface area contributed by atoms with Gasteiger partial charge in [0.25, 0.3) is 0 Å². The molecule has 374 valence electrons. The van der Waals surface area contributed by atoms with Crippen molar-refractivity contribution in [2.75, 3.05) is 32.7 Å². The molecule has 0 aromatic heterocycles. The number of alkyl carbamates (subject to hydrolysis) is 1. The molecule has 3 saturated carbocycles. The van der Waals surface area contributed by atoms with E-state index in [9.17, 15) is 14.4 Å². The number of unbranched alkanes of at least 4 members (excludes halogenated alkanes) is 14. The van der Waals surface area contributed by atoms with Gasteiger partial charge in [-0.3, -0.25) is 9.59 Å². The predicted molar refractivity (Wildman–Crippen MR) is 272 cm³/mol. The van der Waals surface area contributed by atoms with E-state index in [2.05, 4.69) is 70.4 Å². The second kappa shape index (κ2) is 30.2. The first-order valence-electron chi connectivity index (χ1n) is 28.0. The molecular formula is C57H102N4O4. The topological polar surface area (TPSA) is 114 Å². The van der Waals surface area contributed by atoms with Crippen molar-refractivity contribution in [2.24, 2.45) is 52.1 Å². The summed E-state index contributed by atoms with van der Waals surface area (Å²) in [7, 11) is 0. The van der Waals surface area contributed by atoms with E-state index in [0.717, 1.165) is 106 Å². The zero-order valence-electron chi connectivity index (χ0n) is 43.2. The highest BCUT2D eigenvalue weighted by molar-refractivity contribution is 5.84. The van der Waals surface area contributed by atoms with Gasteiger partial charge in [0.05, 0.1) is 6.54 Å². The second-order valence-corrected chi connectivity index (χ2v) is 22.5. The lowest BCUT2D eigenvalue weighted by atomic mass is 9.47. The smallest absolute Gasteiger partial charge is 0.407 e. The number of ether oxygens (including phenoxy) is 1. The summed E-state index contributed by atoms with van der Waals surface area (Å²) in [4.78, 5) is 41.3. The predicted octanol–water partition coefficient (Wildman–Crippen LogP) is 14.0. The zero-order valence-corrected chi connectivity index (χ0v) is 43.2. The van der Waals surface area contributed by atoms with Crippen LogP contribution >= 0.6 is 0 Å². The van der Waals surface area contributed by atoms with Crippen molar-refractivity contribution in [3.63, 3.8) is 0 Å². The number of hydrogen-bond donors (Lipinski definition) is 3. The third-order valence-electron chi connectivity index (χ3n) is 17.2. The van der Waals surface area contributed by atoms with Crippen LogP contribution in [0.3, 0.4) is 0 Å². The molecule has 4 rings (SSSR count). The van der Waals surface area contributed by atoms with Crippen molar-refractivity contribution < 1.29 is 19.1 Å². The summed E-state index contributed by atoms with van der Waals surface area (Å²) in [6.45, 7) is 17.0. The van der Waals surface area contributed by atoms with Crippen molar-refractivity contribution in [3.05, 3.63) is 23.8 Å². The van der Waals surface area contributed by atoms with Crippen LogP contribution in [0.1, 0.15) is 234 Å². The SMILES string of the molecule is CCCCCCCC/C=C\CCCCCCCC(=O)N(CCCNC(=O)O[C@H]1CC[C@@]2(C)C(=CC[C@H]3[C@@H]4CC[C@H]([C@H](C)CCCC(C)C)[C@@]4(C)CC[C@@H]32)C1)CC(=O)NCCCCCCN. The number of nitrogens with one attached hydrogen (secondary N) is 2. The van der Waals surface area contributed by atoms with Crippen molar-refractivity contribution in [1.82, 2.24) is 15.5 Å². The van der Waals surface area contributed by atoms with Crippen LogP contribution in [-0.2, 0) is 14.3 Å². The molecule has 8 heteroatoms. The molecular weight excluding hydrogens is 805 g/mol. The number of hydrogen-bond acceptors (Lipinski definition) is 5. The molecule has 8 atom stereocenters. The number of amides is 3. The second-order valence-electron chi connectivity index (χ2n) is 22.5. The van der Waals surface area contributed by atoms with Gasteiger partial charge in [-0.25, -0.2) is 4.79 Å². The van der Waals surface area contributed by atoms with E-state index in [-0.39, 0.29) is 36.0 Å². The lowest BCUT2D eigenvalue weighted by molar-refractivity contribution is -0.136. The zero-order chi connectivity index (χ0) is 46.9. The molecule has 0 aromatic carbocycles. The van der Waals surface area contributed by atoms with Crippen LogP contribution in [0.5, 0.6) is 0 Å². The molecule has 8 nitrogen and oxygen atoms in total. The molecule has 0 bridgehead atoms. The first-order valence-corrected chi connectivity index (χ1v) is 28.0. The average Bonchev–Trinajstić information content (AvgIpc) is 3.64. The Morgan fingerprint density at radius 1 is 0.769 bits per heavy atom. The standard InChI is InChI=1S/C57H102N4O4/c1-7-8-9-10-11-12-13-14-15-16-17-18-19-20-23-30-54(63)61(44-53(62)59-40-25-22-21-24-39-58)42-27-41-60-55(64)65-48-35-37-56(5)47(43-48)31-32-49-51-34-33-50(46(4)29-26-28-45(2)3)57(51,6)38-36-52(49)56/h14-15,31,45-46,48-52H,7-13,16-30,32-44,58H2,1-6H3,(H,59,62)(H,60,64)/b15-14-/t46-,48+,49+,50-,51+,52+,56+,57-/m1/s1. The van der Waals surface area contributed by atoms with E-state index in [4.69, 9.17) is 10.5 Å². The Bertz CT molecular complexity index is 1430. The van der Waals surface area contributed by atoms with Crippen molar-refractivity contribution in [3.8, 4) is 0 Å². The molecule has 65 heavy (non-hydrogen) atoms. The number of nitrogens with zero attached hydrogens (tertiary/aromatic N) is 1. The largest absolute Gasteiger partial charge is 0.446 e. The lowest BCUT2D eigenvalue weighted by Crippen LogP contribution is -2.51. The Labute approximate surface area is 400 Å². The Kier molecular flexibility index (Phi) is 25.7. The van der Waals surface area contributed by atoms with Gasteiger partial charge in [0.15, 0.2) is 0 Å². The van der Waals surface area contributed by atoms with Crippen LogP contribution in [0, 0.1) is 46.3 Å². The van der Waals surface area contributed by atoms with Gasteiger partial charge in [0, 0.05) is 32.5 Å².